The molecule has 2 N–H and O–H groups in total. The van der Waals surface area contributed by atoms with Gasteiger partial charge in [0.25, 0.3) is 5.91 Å². The van der Waals surface area contributed by atoms with Gasteiger partial charge in [-0.1, -0.05) is 42.5 Å². The summed E-state index contributed by atoms with van der Waals surface area (Å²) < 4.78 is 38.9. The minimum atomic E-state index is -4.51. The van der Waals surface area contributed by atoms with Gasteiger partial charge in [-0.3, -0.25) is 15.6 Å². The first-order valence-corrected chi connectivity index (χ1v) is 8.20. The van der Waals surface area contributed by atoms with Gasteiger partial charge in [0.05, 0.1) is 11.3 Å². The summed E-state index contributed by atoms with van der Waals surface area (Å²) in [6.07, 6.45) is -4.51. The molecule has 2 aromatic carbocycles. The van der Waals surface area contributed by atoms with E-state index in [4.69, 9.17) is 0 Å². The van der Waals surface area contributed by atoms with Crippen molar-refractivity contribution in [2.75, 3.05) is 5.43 Å². The maximum Gasteiger partial charge on any atom is 0.418 e. The van der Waals surface area contributed by atoms with Gasteiger partial charge in [-0.2, -0.15) is 13.2 Å². The van der Waals surface area contributed by atoms with E-state index in [1.165, 1.54) is 29.5 Å². The van der Waals surface area contributed by atoms with Crippen LogP contribution in [-0.4, -0.2) is 5.91 Å². The molecular formula is C18H13F3N2OS. The molecule has 25 heavy (non-hydrogen) atoms. The van der Waals surface area contributed by atoms with Gasteiger partial charge < -0.3 is 0 Å². The summed E-state index contributed by atoms with van der Waals surface area (Å²) in [5.74, 6) is -0.495. The zero-order chi connectivity index (χ0) is 17.9. The summed E-state index contributed by atoms with van der Waals surface area (Å²) in [7, 11) is 0. The summed E-state index contributed by atoms with van der Waals surface area (Å²) >= 11 is 1.22. The molecule has 3 nitrogen and oxygen atoms in total. The largest absolute Gasteiger partial charge is 0.418 e. The molecule has 0 saturated heterocycles. The van der Waals surface area contributed by atoms with E-state index >= 15 is 0 Å². The van der Waals surface area contributed by atoms with Gasteiger partial charge in [0.1, 0.15) is 4.88 Å². The van der Waals surface area contributed by atoms with Crippen LogP contribution in [0.5, 0.6) is 0 Å². The van der Waals surface area contributed by atoms with E-state index in [0.29, 0.717) is 4.88 Å². The number of amides is 1. The standard InChI is InChI=1S/C18H13F3N2OS/c19-18(20,21)14-8-4-5-9-15(14)22-23-17(24)16-13(10-11-25-16)12-6-2-1-3-7-12/h1-11,22H,(H,23,24). The second-order valence-electron chi connectivity index (χ2n) is 5.15. The lowest BCUT2D eigenvalue weighted by Gasteiger charge is -2.15. The molecule has 7 heteroatoms. The molecule has 0 aliphatic carbocycles. The Morgan fingerprint density at radius 3 is 2.32 bits per heavy atom. The van der Waals surface area contributed by atoms with Crippen molar-refractivity contribution in [1.29, 1.82) is 0 Å². The molecule has 1 heterocycles. The molecule has 3 aromatic rings. The quantitative estimate of drug-likeness (QED) is 0.627. The molecule has 3 rings (SSSR count). The van der Waals surface area contributed by atoms with Crippen LogP contribution < -0.4 is 10.9 Å². The summed E-state index contributed by atoms with van der Waals surface area (Å²) in [6.45, 7) is 0. The molecule has 128 valence electrons. The lowest BCUT2D eigenvalue weighted by atomic mass is 10.1. The maximum absolute atomic E-state index is 13.0. The third-order valence-corrected chi connectivity index (χ3v) is 4.41. The van der Waals surface area contributed by atoms with Gasteiger partial charge in [-0.15, -0.1) is 11.3 Å². The molecule has 1 amide bonds. The Bertz CT molecular complexity index is 875. The predicted molar refractivity (Wildman–Crippen MR) is 92.3 cm³/mol. The van der Waals surface area contributed by atoms with E-state index in [9.17, 15) is 18.0 Å². The molecule has 0 aliphatic rings. The molecule has 0 saturated carbocycles. The van der Waals surface area contributed by atoms with E-state index in [1.54, 1.807) is 11.4 Å². The van der Waals surface area contributed by atoms with Gasteiger partial charge in [-0.05, 0) is 29.1 Å². The Kier molecular flexibility index (Phi) is 4.76. The van der Waals surface area contributed by atoms with Crippen molar-refractivity contribution in [2.24, 2.45) is 0 Å². The highest BCUT2D eigenvalue weighted by atomic mass is 32.1. The highest BCUT2D eigenvalue weighted by Crippen LogP contribution is 2.34. The van der Waals surface area contributed by atoms with Crippen LogP contribution in [0.15, 0.2) is 66.0 Å². The van der Waals surface area contributed by atoms with Crippen molar-refractivity contribution < 1.29 is 18.0 Å². The first-order chi connectivity index (χ1) is 12.0. The Morgan fingerprint density at radius 2 is 1.60 bits per heavy atom. The number of thiophene rings is 1. The number of anilines is 1. The number of nitrogens with one attached hydrogen (secondary N) is 2. The van der Waals surface area contributed by atoms with Crippen LogP contribution in [-0.2, 0) is 6.18 Å². The number of benzene rings is 2. The molecule has 0 atom stereocenters. The summed E-state index contributed by atoms with van der Waals surface area (Å²) in [6, 6.07) is 16.1. The van der Waals surface area contributed by atoms with Crippen molar-refractivity contribution >= 4 is 22.9 Å². The minimum Gasteiger partial charge on any atom is -0.298 e. The van der Waals surface area contributed by atoms with Crippen LogP contribution in [0.3, 0.4) is 0 Å². The highest BCUT2D eigenvalue weighted by Gasteiger charge is 2.33. The van der Waals surface area contributed by atoms with Crippen LogP contribution in [0.25, 0.3) is 11.1 Å². The highest BCUT2D eigenvalue weighted by molar-refractivity contribution is 7.12. The third-order valence-electron chi connectivity index (χ3n) is 3.50. The van der Waals surface area contributed by atoms with E-state index < -0.39 is 17.6 Å². The van der Waals surface area contributed by atoms with Crippen LogP contribution in [0.2, 0.25) is 0 Å². The van der Waals surface area contributed by atoms with Crippen molar-refractivity contribution in [1.82, 2.24) is 5.43 Å². The van der Waals surface area contributed by atoms with Crippen molar-refractivity contribution in [3.63, 3.8) is 0 Å². The summed E-state index contributed by atoms with van der Waals surface area (Å²) in [5, 5.41) is 1.76. The van der Waals surface area contributed by atoms with Crippen molar-refractivity contribution in [3.05, 3.63) is 76.5 Å². The number of alkyl halides is 3. The molecule has 1 aromatic heterocycles. The SMILES string of the molecule is O=C(NNc1ccccc1C(F)(F)F)c1sccc1-c1ccccc1. The lowest BCUT2D eigenvalue weighted by Crippen LogP contribution is -2.30. The second kappa shape index (κ2) is 6.98. The zero-order valence-electron chi connectivity index (χ0n) is 12.8. The Balaban J connectivity index is 1.79. The number of hydrazine groups is 1. The Hall–Kier alpha value is -2.80. The molecule has 0 aliphatic heterocycles. The van der Waals surface area contributed by atoms with E-state index in [-0.39, 0.29) is 5.69 Å². The molecule has 0 bridgehead atoms. The van der Waals surface area contributed by atoms with Gasteiger partial charge in [-0.25, -0.2) is 0 Å². The number of carbonyl (C=O) groups excluding carboxylic acids is 1. The van der Waals surface area contributed by atoms with Crippen LogP contribution >= 0.6 is 11.3 Å². The Labute approximate surface area is 146 Å². The van der Waals surface area contributed by atoms with Crippen LogP contribution in [0.1, 0.15) is 15.2 Å². The number of carbonyl (C=O) groups is 1. The summed E-state index contributed by atoms with van der Waals surface area (Å²) in [4.78, 5) is 12.8. The fraction of sp³-hybridized carbons (Fsp3) is 0.0556. The van der Waals surface area contributed by atoms with Crippen molar-refractivity contribution in [3.8, 4) is 11.1 Å². The average Bonchev–Trinajstić information content (AvgIpc) is 3.10. The summed E-state index contributed by atoms with van der Waals surface area (Å²) in [5.41, 5.74) is 5.27. The maximum atomic E-state index is 13.0. The first kappa shape index (κ1) is 17.0. The predicted octanol–water partition coefficient (Wildman–Crippen LogP) is 5.19. The fourth-order valence-corrected chi connectivity index (χ4v) is 3.16. The number of hydrogen-bond acceptors (Lipinski definition) is 3. The minimum absolute atomic E-state index is 0.207. The smallest absolute Gasteiger partial charge is 0.298 e. The first-order valence-electron chi connectivity index (χ1n) is 7.32. The fourth-order valence-electron chi connectivity index (χ4n) is 2.35. The second-order valence-corrected chi connectivity index (χ2v) is 6.07. The molecule has 0 unspecified atom stereocenters. The molecular weight excluding hydrogens is 349 g/mol. The zero-order valence-corrected chi connectivity index (χ0v) is 13.6. The third kappa shape index (κ3) is 3.83. The van der Waals surface area contributed by atoms with Gasteiger partial charge in [0, 0.05) is 5.56 Å². The van der Waals surface area contributed by atoms with Gasteiger partial charge >= 0.3 is 6.18 Å². The van der Waals surface area contributed by atoms with E-state index in [1.807, 2.05) is 30.3 Å². The van der Waals surface area contributed by atoms with Crippen molar-refractivity contribution in [2.45, 2.75) is 6.18 Å². The normalized spacial score (nSPS) is 11.2. The topological polar surface area (TPSA) is 41.1 Å². The van der Waals surface area contributed by atoms with E-state index in [2.05, 4.69) is 10.9 Å². The lowest BCUT2D eigenvalue weighted by molar-refractivity contribution is -0.137. The monoisotopic (exact) mass is 362 g/mol. The van der Waals surface area contributed by atoms with Gasteiger partial charge in [0.2, 0.25) is 0 Å². The number of halogens is 3. The van der Waals surface area contributed by atoms with Crippen LogP contribution in [0, 0.1) is 0 Å². The Morgan fingerprint density at radius 1 is 0.920 bits per heavy atom. The number of rotatable bonds is 4. The molecule has 0 fully saturated rings. The van der Waals surface area contributed by atoms with Gasteiger partial charge in [0.15, 0.2) is 0 Å². The van der Waals surface area contributed by atoms with Crippen LogP contribution in [0.4, 0.5) is 18.9 Å². The van der Waals surface area contributed by atoms with E-state index in [0.717, 1.165) is 17.2 Å². The molecule has 0 spiro atoms. The number of hydrogen-bond donors (Lipinski definition) is 2. The molecule has 0 radical (unpaired) electrons. The number of para-hydroxylation sites is 1. The average molecular weight is 362 g/mol.